The molecule has 1 saturated carbocycles. The van der Waals surface area contributed by atoms with Gasteiger partial charge < -0.3 is 15.7 Å². The molecule has 0 aromatic carbocycles. The summed E-state index contributed by atoms with van der Waals surface area (Å²) < 4.78 is 0. The number of carboxylic acid groups (broad SMARTS) is 1. The van der Waals surface area contributed by atoms with E-state index in [1.165, 1.54) is 0 Å². The van der Waals surface area contributed by atoms with E-state index in [0.29, 0.717) is 6.42 Å². The molecule has 0 aliphatic heterocycles. The van der Waals surface area contributed by atoms with E-state index < -0.39 is 17.9 Å². The van der Waals surface area contributed by atoms with Crippen LogP contribution in [0.4, 0.5) is 0 Å². The minimum absolute atomic E-state index is 0.0266. The Morgan fingerprint density at radius 2 is 1.95 bits per heavy atom. The molecule has 6 nitrogen and oxygen atoms in total. The summed E-state index contributed by atoms with van der Waals surface area (Å²) in [5, 5.41) is 14.1. The van der Waals surface area contributed by atoms with Crippen LogP contribution < -0.4 is 10.6 Å². The number of carboxylic acids is 1. The molecule has 1 fully saturated rings. The van der Waals surface area contributed by atoms with E-state index in [4.69, 9.17) is 5.11 Å². The molecule has 21 heavy (non-hydrogen) atoms. The number of hydrogen-bond acceptors (Lipinski definition) is 3. The summed E-state index contributed by atoms with van der Waals surface area (Å²) in [7, 11) is 0. The number of aliphatic carboxylic acids is 1. The average Bonchev–Trinajstić information content (AvgIpc) is 3.08. The van der Waals surface area contributed by atoms with E-state index in [1.54, 1.807) is 0 Å². The molecule has 0 radical (unpaired) electrons. The maximum atomic E-state index is 11.9. The predicted octanol–water partition coefficient (Wildman–Crippen LogP) is 1.15. The first-order chi connectivity index (χ1) is 9.69. The van der Waals surface area contributed by atoms with Gasteiger partial charge in [-0.25, -0.2) is 4.79 Å². The highest BCUT2D eigenvalue weighted by atomic mass is 16.4. The molecule has 0 aromatic heterocycles. The molecule has 120 valence electrons. The Balaban J connectivity index is 2.36. The van der Waals surface area contributed by atoms with E-state index in [1.807, 2.05) is 20.8 Å². The molecule has 6 heteroatoms. The Labute approximate surface area is 125 Å². The first-order valence-corrected chi connectivity index (χ1v) is 7.49. The third-order valence-electron chi connectivity index (χ3n) is 4.24. The number of carbonyl (C=O) groups excluding carboxylic acids is 2. The average molecular weight is 298 g/mol. The number of nitrogens with one attached hydrogen (secondary N) is 2. The van der Waals surface area contributed by atoms with Gasteiger partial charge in [0.1, 0.15) is 6.04 Å². The van der Waals surface area contributed by atoms with Crippen molar-refractivity contribution in [2.45, 2.75) is 53.0 Å². The summed E-state index contributed by atoms with van der Waals surface area (Å²) in [5.74, 6) is -1.50. The first-order valence-electron chi connectivity index (χ1n) is 7.49. The lowest BCUT2D eigenvalue weighted by atomic mass is 10.0. The lowest BCUT2D eigenvalue weighted by Gasteiger charge is -2.16. The second-order valence-electron chi connectivity index (χ2n) is 6.57. The zero-order chi connectivity index (χ0) is 16.2. The van der Waals surface area contributed by atoms with Gasteiger partial charge in [0.25, 0.3) is 0 Å². The van der Waals surface area contributed by atoms with Crippen LogP contribution in [0.1, 0.15) is 47.0 Å². The summed E-state index contributed by atoms with van der Waals surface area (Å²) >= 11 is 0. The van der Waals surface area contributed by atoms with Crippen LogP contribution in [0.2, 0.25) is 0 Å². The van der Waals surface area contributed by atoms with Gasteiger partial charge in [0, 0.05) is 5.92 Å². The van der Waals surface area contributed by atoms with Crippen LogP contribution >= 0.6 is 0 Å². The van der Waals surface area contributed by atoms with Gasteiger partial charge >= 0.3 is 5.97 Å². The first kappa shape index (κ1) is 17.5. The highest BCUT2D eigenvalue weighted by molar-refractivity contribution is 5.89. The quantitative estimate of drug-likeness (QED) is 0.626. The lowest BCUT2D eigenvalue weighted by Crippen LogP contribution is -2.46. The molecule has 0 aromatic rings. The Morgan fingerprint density at radius 3 is 2.38 bits per heavy atom. The van der Waals surface area contributed by atoms with Gasteiger partial charge in [-0.15, -0.1) is 0 Å². The number of carbonyl (C=O) groups is 3. The molecule has 1 rings (SSSR count). The fraction of sp³-hybridized carbons (Fsp3) is 0.800. The highest BCUT2D eigenvalue weighted by Gasteiger charge is 2.52. The summed E-state index contributed by atoms with van der Waals surface area (Å²) in [4.78, 5) is 34.7. The van der Waals surface area contributed by atoms with Crippen LogP contribution in [0.3, 0.4) is 0 Å². The molecule has 0 spiro atoms. The molecule has 1 aliphatic carbocycles. The van der Waals surface area contributed by atoms with Crippen molar-refractivity contribution in [3.05, 3.63) is 0 Å². The Hall–Kier alpha value is -1.59. The van der Waals surface area contributed by atoms with Crippen molar-refractivity contribution in [1.82, 2.24) is 10.6 Å². The minimum Gasteiger partial charge on any atom is -0.480 e. The van der Waals surface area contributed by atoms with E-state index in [9.17, 15) is 14.4 Å². The molecule has 0 heterocycles. The Kier molecular flexibility index (Phi) is 5.75. The minimum atomic E-state index is -1.05. The van der Waals surface area contributed by atoms with Crippen molar-refractivity contribution >= 4 is 17.8 Å². The molecule has 2 unspecified atom stereocenters. The van der Waals surface area contributed by atoms with Crippen LogP contribution in [0.5, 0.6) is 0 Å². The summed E-state index contributed by atoms with van der Waals surface area (Å²) in [6.07, 6.45) is 2.15. The zero-order valence-electron chi connectivity index (χ0n) is 13.2. The highest BCUT2D eigenvalue weighted by Crippen LogP contribution is 2.54. The van der Waals surface area contributed by atoms with Gasteiger partial charge in [0.2, 0.25) is 11.8 Å². The molecular formula is C15H26N2O4. The maximum absolute atomic E-state index is 11.9. The fourth-order valence-corrected chi connectivity index (χ4v) is 2.44. The third-order valence-corrected chi connectivity index (χ3v) is 4.24. The van der Waals surface area contributed by atoms with Crippen molar-refractivity contribution in [2.75, 3.05) is 6.54 Å². The largest absolute Gasteiger partial charge is 0.480 e. The van der Waals surface area contributed by atoms with Crippen molar-refractivity contribution in [3.63, 3.8) is 0 Å². The maximum Gasteiger partial charge on any atom is 0.326 e. The molecule has 0 bridgehead atoms. The molecule has 2 amide bonds. The van der Waals surface area contributed by atoms with Crippen molar-refractivity contribution in [2.24, 2.45) is 17.3 Å². The van der Waals surface area contributed by atoms with Crippen LogP contribution in [-0.4, -0.2) is 35.5 Å². The van der Waals surface area contributed by atoms with Crippen molar-refractivity contribution < 1.29 is 19.5 Å². The lowest BCUT2D eigenvalue weighted by molar-refractivity contribution is -0.142. The smallest absolute Gasteiger partial charge is 0.326 e. The second-order valence-corrected chi connectivity index (χ2v) is 6.57. The van der Waals surface area contributed by atoms with Gasteiger partial charge in [-0.1, -0.05) is 27.7 Å². The summed E-state index contributed by atoms with van der Waals surface area (Å²) in [6.45, 7) is 7.71. The Morgan fingerprint density at radius 1 is 1.33 bits per heavy atom. The van der Waals surface area contributed by atoms with Crippen molar-refractivity contribution in [1.29, 1.82) is 0 Å². The third kappa shape index (κ3) is 5.02. The molecule has 3 N–H and O–H groups in total. The normalized spacial score (nSPS) is 25.3. The number of amides is 2. The monoisotopic (exact) mass is 298 g/mol. The molecular weight excluding hydrogens is 272 g/mol. The standard InChI is InChI=1S/C15H26N2O4/c1-5-15(4)7-10(15)13(19)16-8-12(18)17-11(14(20)21)6-9(2)3/h9-11H,5-8H2,1-4H3,(H,16,19)(H,17,18)(H,20,21)/t10?,11-,15?/m0/s1. The van der Waals surface area contributed by atoms with E-state index in [2.05, 4.69) is 17.6 Å². The predicted molar refractivity (Wildman–Crippen MR) is 78.5 cm³/mol. The summed E-state index contributed by atoms with van der Waals surface area (Å²) in [6, 6.07) is -0.906. The number of hydrogen-bond donors (Lipinski definition) is 3. The molecule has 0 saturated heterocycles. The summed E-state index contributed by atoms with van der Waals surface area (Å²) in [5.41, 5.74) is 0.0573. The van der Waals surface area contributed by atoms with E-state index >= 15 is 0 Å². The number of rotatable bonds is 8. The molecule has 3 atom stereocenters. The van der Waals surface area contributed by atoms with E-state index in [-0.39, 0.29) is 29.7 Å². The van der Waals surface area contributed by atoms with Gasteiger partial charge in [-0.05, 0) is 30.6 Å². The zero-order valence-corrected chi connectivity index (χ0v) is 13.2. The fourth-order valence-electron chi connectivity index (χ4n) is 2.44. The van der Waals surface area contributed by atoms with Crippen molar-refractivity contribution in [3.8, 4) is 0 Å². The van der Waals surface area contributed by atoms with Gasteiger partial charge in [0.05, 0.1) is 6.54 Å². The topological polar surface area (TPSA) is 95.5 Å². The SMILES string of the molecule is CCC1(C)CC1C(=O)NCC(=O)N[C@@H](CC(C)C)C(=O)O. The van der Waals surface area contributed by atoms with Crippen LogP contribution in [0.25, 0.3) is 0 Å². The van der Waals surface area contributed by atoms with Crippen LogP contribution in [0.15, 0.2) is 0 Å². The van der Waals surface area contributed by atoms with Crippen LogP contribution in [-0.2, 0) is 14.4 Å². The van der Waals surface area contributed by atoms with Crippen LogP contribution in [0, 0.1) is 17.3 Å². The van der Waals surface area contributed by atoms with Gasteiger partial charge in [0.15, 0.2) is 0 Å². The van der Waals surface area contributed by atoms with E-state index in [0.717, 1.165) is 12.8 Å². The van der Waals surface area contributed by atoms with Gasteiger partial charge in [-0.2, -0.15) is 0 Å². The van der Waals surface area contributed by atoms with Gasteiger partial charge in [-0.3, -0.25) is 9.59 Å². The second kappa shape index (κ2) is 6.91. The Bertz CT molecular complexity index is 422. The molecule has 1 aliphatic rings.